The quantitative estimate of drug-likeness (QED) is 0.486. The number of amides is 1. The molecule has 0 aromatic heterocycles. The highest BCUT2D eigenvalue weighted by Gasteiger charge is 2.22. The molecule has 0 saturated carbocycles. The van der Waals surface area contributed by atoms with Crippen molar-refractivity contribution >= 4 is 34.9 Å². The van der Waals surface area contributed by atoms with E-state index in [-0.39, 0.29) is 11.2 Å². The average Bonchev–Trinajstić information content (AvgIpc) is 2.34. The minimum Gasteiger partial charge on any atom is -0.267 e. The van der Waals surface area contributed by atoms with Gasteiger partial charge >= 0.3 is 0 Å². The third-order valence-electron chi connectivity index (χ3n) is 1.30. The molecule has 0 saturated heterocycles. The number of carbonyl (C=O) groups is 1. The van der Waals surface area contributed by atoms with E-state index < -0.39 is 0 Å². The van der Waals surface area contributed by atoms with Crippen LogP contribution in [0.25, 0.3) is 0 Å². The Morgan fingerprint density at radius 3 is 3.00 bits per heavy atom. The van der Waals surface area contributed by atoms with E-state index in [0.717, 1.165) is 0 Å². The summed E-state index contributed by atoms with van der Waals surface area (Å²) in [7, 11) is 0. The summed E-state index contributed by atoms with van der Waals surface area (Å²) in [5.41, 5.74) is 0.411. The molecule has 1 amide bonds. The van der Waals surface area contributed by atoms with Gasteiger partial charge in [-0.25, -0.2) is 4.99 Å². The monoisotopic (exact) mass is 167 g/mol. The summed E-state index contributed by atoms with van der Waals surface area (Å²) >= 11 is 5.42. The Bertz CT molecular complexity index is 351. The van der Waals surface area contributed by atoms with Crippen LogP contribution in [-0.2, 0) is 4.79 Å². The summed E-state index contributed by atoms with van der Waals surface area (Å²) in [6.45, 7) is 0. The van der Waals surface area contributed by atoms with Gasteiger partial charge < -0.3 is 0 Å². The summed E-state index contributed by atoms with van der Waals surface area (Å²) in [6.07, 6.45) is 3.06. The van der Waals surface area contributed by atoms with Gasteiger partial charge in [-0.05, 0) is 17.7 Å². The summed E-state index contributed by atoms with van der Waals surface area (Å²) in [4.78, 5) is 22.0. The van der Waals surface area contributed by atoms with Gasteiger partial charge in [0.05, 0.1) is 5.57 Å². The second-order valence-electron chi connectivity index (χ2n) is 1.98. The molecule has 0 spiro atoms. The molecule has 2 aliphatic heterocycles. The predicted molar refractivity (Wildman–Crippen MR) is 42.3 cm³/mol. The third kappa shape index (κ3) is 0.914. The highest BCUT2D eigenvalue weighted by Crippen LogP contribution is 2.13. The molecule has 2 heterocycles. The Morgan fingerprint density at radius 2 is 2.18 bits per heavy atom. The number of halogens is 1. The molecule has 11 heavy (non-hydrogen) atoms. The van der Waals surface area contributed by atoms with Crippen LogP contribution in [0.15, 0.2) is 26.6 Å². The number of carbonyl (C=O) groups excluding carboxylic acids is 1. The van der Waals surface area contributed by atoms with Crippen LogP contribution in [0.4, 0.5) is 0 Å². The van der Waals surface area contributed by atoms with Crippen LogP contribution in [0.5, 0.6) is 0 Å². The molecule has 5 heteroatoms. The molecular formula is C6H2ClN3O. The molecule has 2 aliphatic rings. The number of rotatable bonds is 0. The maximum atomic E-state index is 11.0. The first-order valence-corrected chi connectivity index (χ1v) is 3.27. The highest BCUT2D eigenvalue weighted by molar-refractivity contribution is 6.67. The molecule has 0 atom stereocenters. The lowest BCUT2D eigenvalue weighted by atomic mass is 10.2. The van der Waals surface area contributed by atoms with Crippen molar-refractivity contribution in [1.29, 1.82) is 0 Å². The Labute approximate surface area is 67.0 Å². The van der Waals surface area contributed by atoms with Crippen molar-refractivity contribution in [3.8, 4) is 0 Å². The molecule has 0 aromatic carbocycles. The van der Waals surface area contributed by atoms with Crippen LogP contribution in [0.1, 0.15) is 0 Å². The molecule has 0 aromatic rings. The van der Waals surface area contributed by atoms with E-state index >= 15 is 0 Å². The first-order chi connectivity index (χ1) is 5.27. The number of fused-ring (bicyclic) bond motifs is 1. The minimum atomic E-state index is -0.377. The Hall–Kier alpha value is -1.29. The molecule has 54 valence electrons. The number of hydrogen-bond donors (Lipinski definition) is 0. The molecule has 2 rings (SSSR count). The topological polar surface area (TPSA) is 54.1 Å². The maximum Gasteiger partial charge on any atom is 0.283 e. The largest absolute Gasteiger partial charge is 0.283 e. The van der Waals surface area contributed by atoms with Crippen molar-refractivity contribution in [2.75, 3.05) is 0 Å². The van der Waals surface area contributed by atoms with Gasteiger partial charge in [0.2, 0.25) is 5.29 Å². The average molecular weight is 168 g/mol. The summed E-state index contributed by atoms with van der Waals surface area (Å²) in [5.74, 6) is -0.0208. The lowest BCUT2D eigenvalue weighted by molar-refractivity contribution is -0.113. The van der Waals surface area contributed by atoms with Gasteiger partial charge in [-0.1, -0.05) is 0 Å². The van der Waals surface area contributed by atoms with E-state index in [4.69, 9.17) is 11.6 Å². The fraction of sp³-hybridized carbons (Fsp3) is 0. The van der Waals surface area contributed by atoms with Gasteiger partial charge in [0.25, 0.3) is 5.91 Å². The zero-order valence-electron chi connectivity index (χ0n) is 5.28. The Balaban J connectivity index is 2.54. The van der Waals surface area contributed by atoms with Gasteiger partial charge in [0, 0.05) is 6.21 Å². The van der Waals surface area contributed by atoms with Gasteiger partial charge in [-0.3, -0.25) is 4.79 Å². The molecule has 0 N–H and O–H groups in total. The van der Waals surface area contributed by atoms with Crippen LogP contribution < -0.4 is 0 Å². The van der Waals surface area contributed by atoms with E-state index in [0.29, 0.717) is 11.4 Å². The Kier molecular flexibility index (Phi) is 1.22. The van der Waals surface area contributed by atoms with Crippen molar-refractivity contribution in [1.82, 2.24) is 0 Å². The second-order valence-corrected chi connectivity index (χ2v) is 2.32. The van der Waals surface area contributed by atoms with E-state index in [1.165, 1.54) is 6.21 Å². The van der Waals surface area contributed by atoms with Crippen molar-refractivity contribution in [2.45, 2.75) is 0 Å². The second kappa shape index (κ2) is 2.10. The smallest absolute Gasteiger partial charge is 0.267 e. The lowest BCUT2D eigenvalue weighted by Gasteiger charge is -2.02. The Morgan fingerprint density at radius 1 is 1.36 bits per heavy atom. The van der Waals surface area contributed by atoms with Crippen LogP contribution in [0.3, 0.4) is 0 Å². The third-order valence-corrected chi connectivity index (χ3v) is 1.47. The molecule has 0 aliphatic carbocycles. The predicted octanol–water partition coefficient (Wildman–Crippen LogP) is 0.531. The standard InChI is InChI=1S/C6H2ClN3O/c7-6-9-4-3(1-2-8-4)5(11)10-6/h1-2H. The normalized spacial score (nSPS) is 20.8. The number of nitrogens with zero attached hydrogens (tertiary/aromatic N) is 3. The van der Waals surface area contributed by atoms with Crippen molar-refractivity contribution in [2.24, 2.45) is 15.0 Å². The van der Waals surface area contributed by atoms with Crippen molar-refractivity contribution in [3.63, 3.8) is 0 Å². The van der Waals surface area contributed by atoms with Crippen LogP contribution in [0, 0.1) is 0 Å². The molecule has 0 radical (unpaired) electrons. The minimum absolute atomic E-state index is 0.0544. The van der Waals surface area contributed by atoms with E-state index in [9.17, 15) is 4.79 Å². The first-order valence-electron chi connectivity index (χ1n) is 2.89. The lowest BCUT2D eigenvalue weighted by Crippen LogP contribution is -2.13. The van der Waals surface area contributed by atoms with Crippen LogP contribution >= 0.6 is 11.6 Å². The number of hydrogen-bond acceptors (Lipinski definition) is 3. The SMILES string of the molecule is O=C1N=C(Cl)N=C2N=CC=C12. The van der Waals surface area contributed by atoms with E-state index in [1.54, 1.807) is 6.08 Å². The molecule has 0 fully saturated rings. The van der Waals surface area contributed by atoms with Crippen molar-refractivity contribution < 1.29 is 4.79 Å². The molecule has 0 bridgehead atoms. The van der Waals surface area contributed by atoms with Gasteiger partial charge in [-0.2, -0.15) is 9.98 Å². The fourth-order valence-electron chi connectivity index (χ4n) is 0.839. The van der Waals surface area contributed by atoms with Crippen LogP contribution in [-0.4, -0.2) is 23.3 Å². The number of allylic oxidation sites excluding steroid dienone is 1. The summed E-state index contributed by atoms with van der Waals surface area (Å²) in [5, 5.41) is -0.0544. The van der Waals surface area contributed by atoms with Gasteiger partial charge in [0.15, 0.2) is 5.84 Å². The highest BCUT2D eigenvalue weighted by atomic mass is 35.5. The van der Waals surface area contributed by atoms with Crippen molar-refractivity contribution in [3.05, 3.63) is 11.6 Å². The van der Waals surface area contributed by atoms with Crippen LogP contribution in [0.2, 0.25) is 0 Å². The van der Waals surface area contributed by atoms with Gasteiger partial charge in [0.1, 0.15) is 0 Å². The molecular weight excluding hydrogens is 166 g/mol. The van der Waals surface area contributed by atoms with E-state index in [1.807, 2.05) is 0 Å². The molecule has 0 unspecified atom stereocenters. The number of amidine groups is 2. The summed E-state index contributed by atoms with van der Waals surface area (Å²) in [6, 6.07) is 0. The van der Waals surface area contributed by atoms with Gasteiger partial charge in [-0.15, -0.1) is 0 Å². The first kappa shape index (κ1) is 6.42. The molecule has 4 nitrogen and oxygen atoms in total. The maximum absolute atomic E-state index is 11.0. The zero-order chi connectivity index (χ0) is 7.84. The summed E-state index contributed by atoms with van der Waals surface area (Å²) < 4.78 is 0. The van der Waals surface area contributed by atoms with E-state index in [2.05, 4.69) is 15.0 Å². The fourth-order valence-corrected chi connectivity index (χ4v) is 0.996. The zero-order valence-corrected chi connectivity index (χ0v) is 6.04. The number of aliphatic imine (C=N–C) groups is 3.